The third-order valence-electron chi connectivity index (χ3n) is 4.10. The summed E-state index contributed by atoms with van der Waals surface area (Å²) in [4.78, 5) is 0. The summed E-state index contributed by atoms with van der Waals surface area (Å²) in [6, 6.07) is 32.3. The summed E-state index contributed by atoms with van der Waals surface area (Å²) < 4.78 is 11.7. The van der Waals surface area contributed by atoms with Crippen LogP contribution in [-0.2, 0) is 0 Å². The first-order valence-corrected chi connectivity index (χ1v) is 8.67. The molecule has 0 bridgehead atoms. The minimum atomic E-state index is 0.0975. The molecule has 0 atom stereocenters. The molecule has 0 fully saturated rings. The van der Waals surface area contributed by atoms with E-state index in [0.29, 0.717) is 17.2 Å². The fourth-order valence-corrected chi connectivity index (χ4v) is 2.75. The molecule has 0 aliphatic heterocycles. The maximum atomic E-state index is 9.84. The van der Waals surface area contributed by atoms with E-state index >= 15 is 0 Å². The highest BCUT2D eigenvalue weighted by Gasteiger charge is 2.05. The summed E-state index contributed by atoms with van der Waals surface area (Å²) in [7, 11) is 0. The summed E-state index contributed by atoms with van der Waals surface area (Å²) in [5.74, 6) is 2.50. The quantitative estimate of drug-likeness (QED) is 0.436. The molecule has 3 nitrogen and oxygen atoms in total. The van der Waals surface area contributed by atoms with E-state index in [1.165, 1.54) is 5.56 Å². The monoisotopic (exact) mass is 354 g/mol. The molecule has 0 amide bonds. The van der Waals surface area contributed by atoms with Crippen molar-refractivity contribution in [3.8, 4) is 39.9 Å². The largest absolute Gasteiger partial charge is 0.504 e. The van der Waals surface area contributed by atoms with Crippen LogP contribution in [0.3, 0.4) is 0 Å². The maximum absolute atomic E-state index is 9.84. The molecule has 0 heterocycles. The predicted molar refractivity (Wildman–Crippen MR) is 107 cm³/mol. The molecule has 0 aliphatic carbocycles. The molecule has 27 heavy (non-hydrogen) atoms. The van der Waals surface area contributed by atoms with Crippen molar-refractivity contribution >= 4 is 0 Å². The van der Waals surface area contributed by atoms with Gasteiger partial charge in [-0.2, -0.15) is 0 Å². The molecule has 0 saturated carbocycles. The standard InChI is InChI=1S/C24H18O3/c25-23-11-4-5-12-24(23)27-22-10-6-9-21(17-22)26-20-15-13-19(14-16-20)18-7-2-1-3-8-18/h1-17,25H. The molecule has 4 aromatic carbocycles. The van der Waals surface area contributed by atoms with E-state index in [4.69, 9.17) is 9.47 Å². The summed E-state index contributed by atoms with van der Waals surface area (Å²) in [5.41, 5.74) is 2.31. The van der Waals surface area contributed by atoms with Crippen LogP contribution in [0.1, 0.15) is 0 Å². The fraction of sp³-hybridized carbons (Fsp3) is 0. The number of aromatic hydroxyl groups is 1. The Labute approximate surface area is 158 Å². The zero-order valence-electron chi connectivity index (χ0n) is 14.6. The second-order valence-electron chi connectivity index (χ2n) is 6.04. The summed E-state index contributed by atoms with van der Waals surface area (Å²) >= 11 is 0. The summed E-state index contributed by atoms with van der Waals surface area (Å²) in [6.45, 7) is 0. The van der Waals surface area contributed by atoms with Gasteiger partial charge in [0.25, 0.3) is 0 Å². The first-order valence-electron chi connectivity index (χ1n) is 8.67. The lowest BCUT2D eigenvalue weighted by molar-refractivity contribution is 0.408. The van der Waals surface area contributed by atoms with Crippen molar-refractivity contribution in [1.82, 2.24) is 0 Å². The minimum absolute atomic E-state index is 0.0975. The predicted octanol–water partition coefficient (Wildman–Crippen LogP) is 6.64. The van der Waals surface area contributed by atoms with Crippen molar-refractivity contribution in [2.75, 3.05) is 0 Å². The molecule has 0 radical (unpaired) electrons. The van der Waals surface area contributed by atoms with Gasteiger partial charge in [-0.3, -0.25) is 0 Å². The summed E-state index contributed by atoms with van der Waals surface area (Å²) in [5, 5.41) is 9.84. The van der Waals surface area contributed by atoms with Crippen LogP contribution in [0.5, 0.6) is 28.7 Å². The Morgan fingerprint density at radius 1 is 0.481 bits per heavy atom. The number of para-hydroxylation sites is 2. The number of rotatable bonds is 5. The van der Waals surface area contributed by atoms with Gasteiger partial charge in [0.2, 0.25) is 0 Å². The smallest absolute Gasteiger partial charge is 0.169 e. The normalized spacial score (nSPS) is 10.4. The lowest BCUT2D eigenvalue weighted by Gasteiger charge is -2.10. The van der Waals surface area contributed by atoms with Crippen molar-refractivity contribution in [2.45, 2.75) is 0 Å². The van der Waals surface area contributed by atoms with Gasteiger partial charge in [-0.1, -0.05) is 60.7 Å². The van der Waals surface area contributed by atoms with E-state index in [9.17, 15) is 5.11 Å². The van der Waals surface area contributed by atoms with Gasteiger partial charge in [-0.15, -0.1) is 0 Å². The fourth-order valence-electron chi connectivity index (χ4n) is 2.75. The van der Waals surface area contributed by atoms with Crippen molar-refractivity contribution in [2.24, 2.45) is 0 Å². The number of ether oxygens (including phenoxy) is 2. The van der Waals surface area contributed by atoms with Gasteiger partial charge in [-0.25, -0.2) is 0 Å². The highest BCUT2D eigenvalue weighted by atomic mass is 16.5. The molecular formula is C24H18O3. The molecule has 4 aromatic rings. The lowest BCUT2D eigenvalue weighted by Crippen LogP contribution is -1.88. The van der Waals surface area contributed by atoms with E-state index in [1.807, 2.05) is 66.7 Å². The molecule has 0 spiro atoms. The van der Waals surface area contributed by atoms with Crippen LogP contribution in [0, 0.1) is 0 Å². The van der Waals surface area contributed by atoms with Crippen LogP contribution in [0.25, 0.3) is 11.1 Å². The maximum Gasteiger partial charge on any atom is 0.169 e. The Morgan fingerprint density at radius 2 is 1.11 bits per heavy atom. The van der Waals surface area contributed by atoms with Crippen LogP contribution in [0.2, 0.25) is 0 Å². The summed E-state index contributed by atoms with van der Waals surface area (Å²) in [6.07, 6.45) is 0. The minimum Gasteiger partial charge on any atom is -0.504 e. The zero-order valence-corrected chi connectivity index (χ0v) is 14.6. The van der Waals surface area contributed by atoms with Gasteiger partial charge < -0.3 is 14.6 Å². The third kappa shape index (κ3) is 4.10. The topological polar surface area (TPSA) is 38.7 Å². The first kappa shape index (κ1) is 16.7. The Morgan fingerprint density at radius 3 is 1.85 bits per heavy atom. The highest BCUT2D eigenvalue weighted by molar-refractivity contribution is 5.64. The van der Waals surface area contributed by atoms with Crippen LogP contribution in [-0.4, -0.2) is 5.11 Å². The molecule has 3 heteroatoms. The van der Waals surface area contributed by atoms with Gasteiger partial charge in [-0.05, 0) is 47.5 Å². The van der Waals surface area contributed by atoms with Crippen molar-refractivity contribution < 1.29 is 14.6 Å². The molecule has 0 aliphatic rings. The number of phenolic OH excluding ortho intramolecular Hbond substituents is 1. The molecule has 132 valence electrons. The SMILES string of the molecule is Oc1ccccc1Oc1cccc(Oc2ccc(-c3ccccc3)cc2)c1. The van der Waals surface area contributed by atoms with E-state index < -0.39 is 0 Å². The number of hydrogen-bond acceptors (Lipinski definition) is 3. The first-order chi connectivity index (χ1) is 13.3. The van der Waals surface area contributed by atoms with Gasteiger partial charge in [0.1, 0.15) is 17.2 Å². The average Bonchev–Trinajstić information content (AvgIpc) is 2.71. The Kier molecular flexibility index (Phi) is 4.75. The van der Waals surface area contributed by atoms with Crippen molar-refractivity contribution in [3.63, 3.8) is 0 Å². The van der Waals surface area contributed by atoms with Crippen LogP contribution < -0.4 is 9.47 Å². The number of hydrogen-bond donors (Lipinski definition) is 1. The van der Waals surface area contributed by atoms with E-state index in [2.05, 4.69) is 12.1 Å². The molecule has 0 saturated heterocycles. The van der Waals surface area contributed by atoms with Gasteiger partial charge in [0.05, 0.1) is 0 Å². The molecule has 0 aromatic heterocycles. The number of benzene rings is 4. The highest BCUT2D eigenvalue weighted by Crippen LogP contribution is 2.33. The Hall–Kier alpha value is -3.72. The number of phenols is 1. The Bertz CT molecular complexity index is 1020. The van der Waals surface area contributed by atoms with Gasteiger partial charge in [0.15, 0.2) is 11.5 Å². The third-order valence-corrected chi connectivity index (χ3v) is 4.10. The van der Waals surface area contributed by atoms with Gasteiger partial charge >= 0.3 is 0 Å². The zero-order chi connectivity index (χ0) is 18.5. The van der Waals surface area contributed by atoms with Crippen molar-refractivity contribution in [1.29, 1.82) is 0 Å². The molecule has 4 rings (SSSR count). The Balaban J connectivity index is 1.49. The van der Waals surface area contributed by atoms with E-state index in [1.54, 1.807) is 24.3 Å². The van der Waals surface area contributed by atoms with Gasteiger partial charge in [0, 0.05) is 6.07 Å². The average molecular weight is 354 g/mol. The van der Waals surface area contributed by atoms with Crippen LogP contribution >= 0.6 is 0 Å². The van der Waals surface area contributed by atoms with E-state index in [-0.39, 0.29) is 5.75 Å². The van der Waals surface area contributed by atoms with Crippen LogP contribution in [0.15, 0.2) is 103 Å². The molecule has 1 N–H and O–H groups in total. The lowest BCUT2D eigenvalue weighted by atomic mass is 10.1. The van der Waals surface area contributed by atoms with Crippen molar-refractivity contribution in [3.05, 3.63) is 103 Å². The molecular weight excluding hydrogens is 336 g/mol. The molecule has 0 unspecified atom stereocenters. The van der Waals surface area contributed by atoms with Crippen LogP contribution in [0.4, 0.5) is 0 Å². The second kappa shape index (κ2) is 7.67. The second-order valence-corrected chi connectivity index (χ2v) is 6.04. The van der Waals surface area contributed by atoms with E-state index in [0.717, 1.165) is 11.3 Å².